The zero-order chi connectivity index (χ0) is 15.3. The smallest absolute Gasteiger partial charge is 0.190 e. The summed E-state index contributed by atoms with van der Waals surface area (Å²) >= 11 is 1.76. The zero-order valence-corrected chi connectivity index (χ0v) is 17.0. The molecule has 5 nitrogen and oxygen atoms in total. The number of aromatic nitrogens is 1. The second-order valence-electron chi connectivity index (χ2n) is 4.82. The molecule has 1 heterocycles. The van der Waals surface area contributed by atoms with E-state index in [1.165, 1.54) is 5.01 Å². The molecule has 0 unspecified atom stereocenters. The van der Waals surface area contributed by atoms with Gasteiger partial charge in [0.1, 0.15) is 0 Å². The van der Waals surface area contributed by atoms with Gasteiger partial charge < -0.3 is 15.4 Å². The van der Waals surface area contributed by atoms with Gasteiger partial charge in [0.2, 0.25) is 0 Å². The predicted octanol–water partition coefficient (Wildman–Crippen LogP) is 2.98. The average Bonchev–Trinajstić information content (AvgIpc) is 2.90. The van der Waals surface area contributed by atoms with E-state index in [0.29, 0.717) is 0 Å². The third-order valence-electron chi connectivity index (χ3n) is 2.96. The largest absolute Gasteiger partial charge is 0.382 e. The van der Waals surface area contributed by atoms with Gasteiger partial charge in [-0.3, -0.25) is 4.99 Å². The lowest BCUT2D eigenvalue weighted by atomic mass is 10.2. The molecule has 0 bridgehead atoms. The molecule has 128 valence electrons. The Morgan fingerprint density at radius 1 is 1.27 bits per heavy atom. The van der Waals surface area contributed by atoms with Crippen molar-refractivity contribution in [1.29, 1.82) is 0 Å². The third kappa shape index (κ3) is 10.3. The highest BCUT2D eigenvalue weighted by atomic mass is 127. The highest BCUT2D eigenvalue weighted by molar-refractivity contribution is 14.0. The molecule has 0 aliphatic heterocycles. The summed E-state index contributed by atoms with van der Waals surface area (Å²) in [4.78, 5) is 8.68. The molecule has 0 aliphatic rings. The van der Waals surface area contributed by atoms with E-state index in [9.17, 15) is 0 Å². The van der Waals surface area contributed by atoms with Crippen molar-refractivity contribution in [1.82, 2.24) is 15.6 Å². The monoisotopic (exact) mass is 440 g/mol. The summed E-state index contributed by atoms with van der Waals surface area (Å²) in [5, 5.41) is 9.98. The second kappa shape index (κ2) is 14.2. The zero-order valence-electron chi connectivity index (χ0n) is 13.9. The molecule has 0 spiro atoms. The molecule has 1 rings (SSSR count). The van der Waals surface area contributed by atoms with Gasteiger partial charge in [-0.2, -0.15) is 0 Å². The van der Waals surface area contributed by atoms with Crippen LogP contribution in [0.5, 0.6) is 0 Å². The van der Waals surface area contributed by atoms with E-state index < -0.39 is 0 Å². The molecular weight excluding hydrogens is 411 g/mol. The Morgan fingerprint density at radius 3 is 2.59 bits per heavy atom. The Morgan fingerprint density at radius 2 is 2.00 bits per heavy atom. The minimum atomic E-state index is 0. The summed E-state index contributed by atoms with van der Waals surface area (Å²) in [6, 6.07) is 0. The molecule has 0 amide bonds. The van der Waals surface area contributed by atoms with Crippen molar-refractivity contribution in [2.24, 2.45) is 4.99 Å². The number of guanidine groups is 1. The van der Waals surface area contributed by atoms with Crippen molar-refractivity contribution >= 4 is 41.3 Å². The van der Waals surface area contributed by atoms with Crippen molar-refractivity contribution < 1.29 is 4.74 Å². The van der Waals surface area contributed by atoms with Gasteiger partial charge in [0.05, 0.1) is 5.01 Å². The summed E-state index contributed by atoms with van der Waals surface area (Å²) < 4.78 is 5.30. The fraction of sp³-hybridized carbons (Fsp3) is 0.733. The summed E-state index contributed by atoms with van der Waals surface area (Å²) in [6.07, 6.45) is 4.35. The number of aliphatic imine (C=N–C) groups is 1. The van der Waals surface area contributed by atoms with Crippen LogP contribution in [0, 0.1) is 6.92 Å². The lowest BCUT2D eigenvalue weighted by molar-refractivity contribution is 0.145. The van der Waals surface area contributed by atoms with Gasteiger partial charge in [0.15, 0.2) is 5.96 Å². The van der Waals surface area contributed by atoms with Crippen molar-refractivity contribution in [2.45, 2.75) is 39.5 Å². The first-order valence-electron chi connectivity index (χ1n) is 7.69. The van der Waals surface area contributed by atoms with Crippen LogP contribution >= 0.6 is 35.3 Å². The van der Waals surface area contributed by atoms with Crippen LogP contribution in [0.15, 0.2) is 10.4 Å². The van der Waals surface area contributed by atoms with Gasteiger partial charge in [0, 0.05) is 44.4 Å². The van der Waals surface area contributed by atoms with Crippen molar-refractivity contribution in [3.8, 4) is 0 Å². The molecule has 0 saturated heterocycles. The van der Waals surface area contributed by atoms with Gasteiger partial charge in [-0.15, -0.1) is 35.3 Å². The number of thiazole rings is 1. The van der Waals surface area contributed by atoms with Crippen LogP contribution in [0.1, 0.15) is 36.9 Å². The predicted molar refractivity (Wildman–Crippen MR) is 106 cm³/mol. The van der Waals surface area contributed by atoms with Crippen LogP contribution in [-0.4, -0.2) is 44.3 Å². The summed E-state index contributed by atoms with van der Waals surface area (Å²) in [5.74, 6) is 0.872. The van der Waals surface area contributed by atoms with E-state index in [-0.39, 0.29) is 24.0 Å². The maximum Gasteiger partial charge on any atom is 0.190 e. The normalized spacial score (nSPS) is 11.1. The molecule has 1 aromatic rings. The fourth-order valence-electron chi connectivity index (χ4n) is 1.87. The quantitative estimate of drug-likeness (QED) is 0.254. The third-order valence-corrected chi connectivity index (χ3v) is 3.99. The number of nitrogens with one attached hydrogen (secondary N) is 2. The van der Waals surface area contributed by atoms with Gasteiger partial charge >= 0.3 is 0 Å². The highest BCUT2D eigenvalue weighted by Gasteiger charge is 2.00. The molecule has 0 radical (unpaired) electrons. The fourth-order valence-corrected chi connectivity index (χ4v) is 2.69. The van der Waals surface area contributed by atoms with Crippen LogP contribution in [0.3, 0.4) is 0 Å². The maximum atomic E-state index is 5.30. The van der Waals surface area contributed by atoms with Crippen LogP contribution in [0.25, 0.3) is 0 Å². The molecule has 22 heavy (non-hydrogen) atoms. The number of hydrogen-bond donors (Lipinski definition) is 2. The van der Waals surface area contributed by atoms with Gasteiger partial charge in [-0.05, 0) is 39.5 Å². The number of nitrogens with zero attached hydrogens (tertiary/aromatic N) is 2. The van der Waals surface area contributed by atoms with E-state index in [0.717, 1.165) is 63.6 Å². The van der Waals surface area contributed by atoms with E-state index in [2.05, 4.69) is 26.0 Å². The van der Waals surface area contributed by atoms with E-state index in [1.54, 1.807) is 18.4 Å². The van der Waals surface area contributed by atoms with Crippen molar-refractivity contribution in [3.63, 3.8) is 0 Å². The number of halogens is 1. The first-order valence-corrected chi connectivity index (χ1v) is 8.57. The van der Waals surface area contributed by atoms with Crippen LogP contribution in [0.2, 0.25) is 0 Å². The summed E-state index contributed by atoms with van der Waals surface area (Å²) in [7, 11) is 1.80. The minimum Gasteiger partial charge on any atom is -0.382 e. The number of rotatable bonds is 10. The Balaban J connectivity index is 0.00000441. The molecule has 0 atom stereocenters. The summed E-state index contributed by atoms with van der Waals surface area (Å²) in [5.41, 5.74) is 1.13. The van der Waals surface area contributed by atoms with Crippen molar-refractivity contribution in [2.75, 3.05) is 33.4 Å². The molecule has 0 aliphatic carbocycles. The second-order valence-corrected chi connectivity index (χ2v) is 5.76. The van der Waals surface area contributed by atoms with Crippen molar-refractivity contribution in [3.05, 3.63) is 16.1 Å². The Kier molecular flexibility index (Phi) is 13.9. The first kappa shape index (κ1) is 21.6. The van der Waals surface area contributed by atoms with E-state index >= 15 is 0 Å². The standard InChI is InChI=1S/C15H28N4OS.HI/c1-4-20-11-7-10-18-15(16-3)17-9-6-5-8-14-19-13(2)12-21-14;/h12H,4-11H2,1-3H3,(H2,16,17,18);1H. The molecule has 0 saturated carbocycles. The topological polar surface area (TPSA) is 58.5 Å². The Hall–Kier alpha value is -0.410. The Labute approximate surface area is 155 Å². The molecule has 0 aromatic carbocycles. The molecular formula is C15H29IN4OS. The van der Waals surface area contributed by atoms with Crippen LogP contribution < -0.4 is 10.6 Å². The molecule has 1 aromatic heterocycles. The number of unbranched alkanes of at least 4 members (excludes halogenated alkanes) is 1. The molecule has 2 N–H and O–H groups in total. The van der Waals surface area contributed by atoms with Crippen LogP contribution in [0.4, 0.5) is 0 Å². The SMILES string of the molecule is CCOCCCNC(=NC)NCCCCc1nc(C)cs1.I. The van der Waals surface area contributed by atoms with Gasteiger partial charge in [-0.1, -0.05) is 0 Å². The molecule has 0 fully saturated rings. The minimum absolute atomic E-state index is 0. The maximum absolute atomic E-state index is 5.30. The summed E-state index contributed by atoms with van der Waals surface area (Å²) in [6.45, 7) is 7.47. The first-order chi connectivity index (χ1) is 10.3. The lowest BCUT2D eigenvalue weighted by Gasteiger charge is -2.11. The molecule has 7 heteroatoms. The lowest BCUT2D eigenvalue weighted by Crippen LogP contribution is -2.38. The van der Waals surface area contributed by atoms with Crippen LogP contribution in [-0.2, 0) is 11.2 Å². The van der Waals surface area contributed by atoms with E-state index in [4.69, 9.17) is 4.74 Å². The van der Waals surface area contributed by atoms with Gasteiger partial charge in [-0.25, -0.2) is 4.98 Å². The Bertz CT molecular complexity index is 412. The van der Waals surface area contributed by atoms with E-state index in [1.807, 2.05) is 13.8 Å². The number of ether oxygens (including phenoxy) is 1. The van der Waals surface area contributed by atoms with Gasteiger partial charge in [0.25, 0.3) is 0 Å². The number of aryl methyl sites for hydroxylation is 2. The number of hydrogen-bond acceptors (Lipinski definition) is 4. The highest BCUT2D eigenvalue weighted by Crippen LogP contribution is 2.11. The average molecular weight is 440 g/mol.